The Morgan fingerprint density at radius 2 is 0.217 bits per heavy atom. The van der Waals surface area contributed by atoms with E-state index in [0.717, 1.165) is 0 Å². The molecule has 7 aromatic rings. The molecule has 0 atom stereocenters. The van der Waals surface area contributed by atoms with Crippen LogP contribution in [0, 0.1) is 157 Å². The molecule has 0 amide bonds. The monoisotopic (exact) mass is 1020 g/mol. The molecule has 360 valence electrons. The van der Waals surface area contributed by atoms with Crippen LogP contribution < -0.4 is 0 Å². The van der Waals surface area contributed by atoms with Gasteiger partial charge in [0, 0.05) is 16.7 Å². The van der Waals surface area contributed by atoms with Crippen LogP contribution in [0.25, 0.3) is 67.5 Å². The fourth-order valence-corrected chi connectivity index (χ4v) is 6.41. The van der Waals surface area contributed by atoms with Crippen molar-refractivity contribution in [3.05, 3.63) is 157 Å². The van der Waals surface area contributed by atoms with Gasteiger partial charge in [0.15, 0.2) is 157 Å². The average Bonchev–Trinajstić information content (AvgIpc) is 3.32. The molecule has 0 aliphatic carbocycles. The predicted molar refractivity (Wildman–Crippen MR) is 171 cm³/mol. The average molecular weight is 1020 g/mol. The van der Waals surface area contributed by atoms with Crippen LogP contribution in [-0.4, -0.2) is 15.0 Å². The van der Waals surface area contributed by atoms with Crippen LogP contribution in [0.4, 0.5) is 119 Å². The Labute approximate surface area is 358 Å². The van der Waals surface area contributed by atoms with Crippen molar-refractivity contribution < 1.29 is 119 Å². The van der Waals surface area contributed by atoms with E-state index in [9.17, 15) is 52.7 Å². The van der Waals surface area contributed by atoms with Crippen LogP contribution in [0.1, 0.15) is 0 Å². The smallest absolute Gasteiger partial charge is 0.200 e. The highest BCUT2D eigenvalue weighted by Crippen LogP contribution is 2.48. The Morgan fingerprint density at radius 1 is 0.116 bits per heavy atom. The molecule has 6 aromatic carbocycles. The van der Waals surface area contributed by atoms with Gasteiger partial charge in [-0.25, -0.2) is 133 Å². The van der Waals surface area contributed by atoms with Crippen molar-refractivity contribution in [1.82, 2.24) is 15.0 Å². The summed E-state index contributed by atoms with van der Waals surface area (Å²) in [6.07, 6.45) is 0. The van der Waals surface area contributed by atoms with Crippen molar-refractivity contribution in [3.63, 3.8) is 0 Å². The van der Waals surface area contributed by atoms with Gasteiger partial charge in [-0.2, -0.15) is 0 Å². The van der Waals surface area contributed by atoms with E-state index >= 15 is 65.9 Å². The summed E-state index contributed by atoms with van der Waals surface area (Å²) in [5.41, 5.74) is -26.5. The largest absolute Gasteiger partial charge is 0.208 e. The van der Waals surface area contributed by atoms with E-state index in [1.54, 1.807) is 0 Å². The van der Waals surface area contributed by atoms with Crippen molar-refractivity contribution in [2.75, 3.05) is 0 Å². The molecule has 0 fully saturated rings. The van der Waals surface area contributed by atoms with E-state index in [-0.39, 0.29) is 0 Å². The van der Waals surface area contributed by atoms with Crippen molar-refractivity contribution >= 4 is 0 Å². The predicted octanol–water partition coefficient (Wildman–Crippen LogP) is 13.6. The van der Waals surface area contributed by atoms with Gasteiger partial charge >= 0.3 is 0 Å². The molecule has 0 N–H and O–H groups in total. The second-order valence-corrected chi connectivity index (χ2v) is 13.2. The first-order chi connectivity index (χ1) is 32.0. The summed E-state index contributed by atoms with van der Waals surface area (Å²) < 4.78 is 406. The maximum atomic E-state index is 16.0. The molecule has 1 aromatic heterocycles. The zero-order valence-corrected chi connectivity index (χ0v) is 31.0. The quantitative estimate of drug-likeness (QED) is 0.0946. The Balaban J connectivity index is 1.82. The number of halogens is 27. The molecule has 0 bridgehead atoms. The van der Waals surface area contributed by atoms with E-state index in [4.69, 9.17) is 0 Å². The summed E-state index contributed by atoms with van der Waals surface area (Å²) in [5.74, 6) is -97.6. The fraction of sp³-hybridized carbons (Fsp3) is 0. The van der Waals surface area contributed by atoms with Gasteiger partial charge in [0.1, 0.15) is 0 Å². The second kappa shape index (κ2) is 16.9. The third-order valence-electron chi connectivity index (χ3n) is 9.49. The topological polar surface area (TPSA) is 38.7 Å². The zero-order valence-electron chi connectivity index (χ0n) is 31.0. The Morgan fingerprint density at radius 3 is 0.362 bits per heavy atom. The van der Waals surface area contributed by atoms with E-state index in [2.05, 4.69) is 15.0 Å². The van der Waals surface area contributed by atoms with Gasteiger partial charge in [0.2, 0.25) is 17.5 Å². The first-order valence-electron chi connectivity index (χ1n) is 16.9. The van der Waals surface area contributed by atoms with Gasteiger partial charge in [-0.1, -0.05) is 0 Å². The molecule has 0 aliphatic rings. The first kappa shape index (κ1) is 49.3. The summed E-state index contributed by atoms with van der Waals surface area (Å²) in [6.45, 7) is 0. The highest BCUT2D eigenvalue weighted by atomic mass is 19.2. The number of hydrogen-bond acceptors (Lipinski definition) is 3. The third kappa shape index (κ3) is 6.94. The lowest BCUT2D eigenvalue weighted by atomic mass is 9.93. The fourth-order valence-electron chi connectivity index (χ4n) is 6.41. The third-order valence-corrected chi connectivity index (χ3v) is 9.49. The van der Waals surface area contributed by atoms with Gasteiger partial charge in [0.25, 0.3) is 0 Å². The zero-order chi connectivity index (χ0) is 51.6. The second-order valence-electron chi connectivity index (χ2n) is 13.2. The van der Waals surface area contributed by atoms with E-state index in [0.29, 0.717) is 0 Å². The molecule has 0 unspecified atom stereocenters. The molecule has 0 aliphatic heterocycles. The molecular weight excluding hydrogens is 1020 g/mol. The van der Waals surface area contributed by atoms with E-state index in [1.807, 2.05) is 0 Å². The van der Waals surface area contributed by atoms with Gasteiger partial charge in [-0.05, 0) is 0 Å². The van der Waals surface area contributed by atoms with Crippen LogP contribution in [0.3, 0.4) is 0 Å². The molecule has 0 saturated carbocycles. The number of benzene rings is 6. The van der Waals surface area contributed by atoms with Gasteiger partial charge in [-0.15, -0.1) is 0 Å². The van der Waals surface area contributed by atoms with Crippen molar-refractivity contribution in [3.8, 4) is 67.5 Å². The van der Waals surface area contributed by atoms with Crippen LogP contribution in [0.2, 0.25) is 0 Å². The molecule has 7 rings (SSSR count). The normalized spacial score (nSPS) is 11.7. The highest BCUT2D eigenvalue weighted by Gasteiger charge is 2.41. The van der Waals surface area contributed by atoms with Crippen LogP contribution in [-0.2, 0) is 0 Å². The summed E-state index contributed by atoms with van der Waals surface area (Å²) >= 11 is 0. The Bertz CT molecular complexity index is 3020. The molecule has 3 nitrogen and oxygen atoms in total. The number of nitrogens with zero attached hydrogens (tertiary/aromatic N) is 3. The number of aromatic nitrogens is 3. The van der Waals surface area contributed by atoms with E-state index in [1.165, 1.54) is 0 Å². The minimum absolute atomic E-state index is 2.77. The van der Waals surface area contributed by atoms with Crippen LogP contribution in [0.5, 0.6) is 0 Å². The molecule has 0 spiro atoms. The van der Waals surface area contributed by atoms with Gasteiger partial charge in [0.05, 0.1) is 33.4 Å². The Hall–Kier alpha value is -7.56. The maximum Gasteiger partial charge on any atom is 0.200 e. The van der Waals surface area contributed by atoms with E-state index < -0.39 is 225 Å². The lowest BCUT2D eigenvalue weighted by Crippen LogP contribution is -2.14. The van der Waals surface area contributed by atoms with Crippen LogP contribution in [0.15, 0.2) is 0 Å². The van der Waals surface area contributed by atoms with Gasteiger partial charge < -0.3 is 0 Å². The molecule has 1 heterocycles. The molecule has 30 heteroatoms. The summed E-state index contributed by atoms with van der Waals surface area (Å²) in [6, 6.07) is 0. The van der Waals surface area contributed by atoms with Crippen molar-refractivity contribution in [2.45, 2.75) is 0 Å². The SMILES string of the molecule is Fc1c(F)c(F)c(-c2c(F)c(F)c(F)c(F)c2-c2nc(-c3c(F)c(F)c(F)c(F)c3-c3c(F)c(F)c(F)c(F)c3F)nc(-c3c(F)c(F)c(F)c(F)c3-c3c(F)c(F)c(F)c(F)c3F)n2)c(F)c1F. The number of rotatable bonds is 6. The summed E-state index contributed by atoms with van der Waals surface area (Å²) in [7, 11) is 0. The lowest BCUT2D eigenvalue weighted by Gasteiger charge is -2.19. The molecular formula is C39F27N3. The van der Waals surface area contributed by atoms with Gasteiger partial charge in [-0.3, -0.25) is 0 Å². The lowest BCUT2D eigenvalue weighted by molar-refractivity contribution is 0.379. The summed E-state index contributed by atoms with van der Waals surface area (Å²) in [4.78, 5) is 8.40. The minimum Gasteiger partial charge on any atom is -0.208 e. The Kier molecular flexibility index (Phi) is 12.1. The standard InChI is InChI=1S/C39F27N3/c40-10-1(4-13(43)25(55)34(64)26(56)14(4)44)7(19(49)31(61)22(10)52)37-67-38(8-2(11(41)23(53)32(62)20(8)50)5-15(45)27(57)35(65)28(58)16(5)46)69-39(68-37)9-3(12(42)24(54)33(63)21(9)51)6-17(47)29(59)36(66)30(60)18(6)48. The molecule has 0 saturated heterocycles. The molecule has 69 heavy (non-hydrogen) atoms. The highest BCUT2D eigenvalue weighted by molar-refractivity contribution is 5.89. The molecule has 0 radical (unpaired) electrons. The minimum atomic E-state index is -3.37. The van der Waals surface area contributed by atoms with Crippen LogP contribution >= 0.6 is 0 Å². The number of hydrogen-bond donors (Lipinski definition) is 0. The van der Waals surface area contributed by atoms with Crippen molar-refractivity contribution in [2.24, 2.45) is 0 Å². The summed E-state index contributed by atoms with van der Waals surface area (Å²) in [5, 5.41) is 0. The maximum absolute atomic E-state index is 16.0. The first-order valence-corrected chi connectivity index (χ1v) is 16.9. The van der Waals surface area contributed by atoms with Crippen molar-refractivity contribution in [1.29, 1.82) is 0 Å².